The number of amides is 2. The topological polar surface area (TPSA) is 49.4 Å². The summed E-state index contributed by atoms with van der Waals surface area (Å²) in [6.07, 6.45) is 5.12. The third-order valence-electron chi connectivity index (χ3n) is 4.51. The molecule has 0 spiro atoms. The molecule has 1 aliphatic carbocycles. The first-order valence-electron chi connectivity index (χ1n) is 8.49. The average molecular weight is 332 g/mol. The van der Waals surface area contributed by atoms with Crippen LogP contribution in [0.3, 0.4) is 0 Å². The number of nitrogens with one attached hydrogen (secondary N) is 1. The number of hydrogen-bond acceptors (Lipinski definition) is 3. The van der Waals surface area contributed by atoms with E-state index in [1.807, 2.05) is 23.1 Å². The molecule has 1 heterocycles. The Bertz CT molecular complexity index is 584. The number of benzene rings is 1. The number of rotatable bonds is 4. The summed E-state index contributed by atoms with van der Waals surface area (Å²) in [4.78, 5) is 27.6. The van der Waals surface area contributed by atoms with E-state index < -0.39 is 0 Å². The predicted octanol–water partition coefficient (Wildman–Crippen LogP) is 3.35. The molecule has 2 aliphatic rings. The van der Waals surface area contributed by atoms with Crippen LogP contribution in [0.4, 0.5) is 5.69 Å². The molecule has 0 bridgehead atoms. The van der Waals surface area contributed by atoms with Crippen molar-refractivity contribution in [2.24, 2.45) is 0 Å². The minimum atomic E-state index is 0.0120. The quantitative estimate of drug-likeness (QED) is 0.920. The fourth-order valence-electron chi connectivity index (χ4n) is 3.35. The van der Waals surface area contributed by atoms with Crippen LogP contribution in [0.2, 0.25) is 0 Å². The second-order valence-corrected chi connectivity index (χ2v) is 7.93. The van der Waals surface area contributed by atoms with Gasteiger partial charge in [-0.3, -0.25) is 9.59 Å². The van der Waals surface area contributed by atoms with Gasteiger partial charge < -0.3 is 10.2 Å². The van der Waals surface area contributed by atoms with Crippen LogP contribution < -0.4 is 10.2 Å². The molecular weight excluding hydrogens is 308 g/mol. The highest BCUT2D eigenvalue weighted by atomic mass is 32.2. The fraction of sp³-hybridized carbons (Fsp3) is 0.556. The van der Waals surface area contributed by atoms with Crippen LogP contribution in [-0.2, 0) is 9.59 Å². The van der Waals surface area contributed by atoms with Crippen LogP contribution in [0.15, 0.2) is 29.2 Å². The van der Waals surface area contributed by atoms with E-state index in [1.54, 1.807) is 11.8 Å². The third kappa shape index (κ3) is 4.08. The zero-order chi connectivity index (χ0) is 16.2. The number of carbonyl (C=O) groups excluding carboxylic acids is 2. The molecule has 1 aromatic rings. The van der Waals surface area contributed by atoms with Crippen molar-refractivity contribution >= 4 is 29.3 Å². The largest absolute Gasteiger partial charge is 0.353 e. The first-order valence-corrected chi connectivity index (χ1v) is 9.37. The fourth-order valence-corrected chi connectivity index (χ4v) is 4.46. The summed E-state index contributed by atoms with van der Waals surface area (Å²) in [6.45, 7) is 2.85. The maximum Gasteiger partial charge on any atom is 0.227 e. The lowest BCUT2D eigenvalue weighted by atomic mass is 10.2. The highest BCUT2D eigenvalue weighted by Gasteiger charge is 2.27. The standard InChI is InChI=1S/C18H24N2O2S/c1-13-12-20(15-8-4-5-9-16(15)23-13)18(22)11-10-17(21)19-14-6-2-3-7-14/h4-5,8-9,13-14H,2-3,6-7,10-12H2,1H3,(H,19,21)/t13-/m0/s1. The summed E-state index contributed by atoms with van der Waals surface area (Å²) in [6, 6.07) is 8.34. The molecule has 124 valence electrons. The van der Waals surface area contributed by atoms with Gasteiger partial charge in [0.2, 0.25) is 11.8 Å². The van der Waals surface area contributed by atoms with E-state index in [1.165, 1.54) is 12.8 Å². The van der Waals surface area contributed by atoms with Crippen LogP contribution in [0.25, 0.3) is 0 Å². The first-order chi connectivity index (χ1) is 11.1. The molecule has 1 N–H and O–H groups in total. The second-order valence-electron chi connectivity index (χ2n) is 6.45. The number of anilines is 1. The van der Waals surface area contributed by atoms with Gasteiger partial charge in [0.15, 0.2) is 0 Å². The lowest BCUT2D eigenvalue weighted by Crippen LogP contribution is -2.39. The number of fused-ring (bicyclic) bond motifs is 1. The van der Waals surface area contributed by atoms with E-state index in [4.69, 9.17) is 0 Å². The molecule has 0 unspecified atom stereocenters. The number of thioether (sulfide) groups is 1. The number of hydrogen-bond donors (Lipinski definition) is 1. The summed E-state index contributed by atoms with van der Waals surface area (Å²) in [7, 11) is 0. The molecule has 1 aromatic carbocycles. The van der Waals surface area contributed by atoms with Crippen molar-refractivity contribution in [1.82, 2.24) is 5.32 Å². The molecule has 0 radical (unpaired) electrons. The van der Waals surface area contributed by atoms with Crippen LogP contribution in [0, 0.1) is 0 Å². The van der Waals surface area contributed by atoms with Crippen molar-refractivity contribution < 1.29 is 9.59 Å². The van der Waals surface area contributed by atoms with E-state index in [2.05, 4.69) is 18.3 Å². The Balaban J connectivity index is 1.56. The molecule has 1 fully saturated rings. The Hall–Kier alpha value is -1.49. The smallest absolute Gasteiger partial charge is 0.227 e. The maximum atomic E-state index is 12.6. The Morgan fingerprint density at radius 3 is 2.74 bits per heavy atom. The molecule has 0 aromatic heterocycles. The molecule has 4 nitrogen and oxygen atoms in total. The molecule has 2 amide bonds. The molecule has 5 heteroatoms. The van der Waals surface area contributed by atoms with Crippen molar-refractivity contribution in [3.05, 3.63) is 24.3 Å². The molecule has 23 heavy (non-hydrogen) atoms. The van der Waals surface area contributed by atoms with Crippen molar-refractivity contribution in [1.29, 1.82) is 0 Å². The van der Waals surface area contributed by atoms with E-state index in [9.17, 15) is 9.59 Å². The Labute approximate surface area is 142 Å². The zero-order valence-corrected chi connectivity index (χ0v) is 14.4. The van der Waals surface area contributed by atoms with Crippen molar-refractivity contribution in [2.75, 3.05) is 11.4 Å². The third-order valence-corrected chi connectivity index (χ3v) is 5.66. The second kappa shape index (κ2) is 7.39. The zero-order valence-electron chi connectivity index (χ0n) is 13.6. The lowest BCUT2D eigenvalue weighted by molar-refractivity contribution is -0.125. The first kappa shape index (κ1) is 16.4. The summed E-state index contributed by atoms with van der Waals surface area (Å²) >= 11 is 1.81. The van der Waals surface area contributed by atoms with Crippen LogP contribution >= 0.6 is 11.8 Å². The molecule has 1 saturated carbocycles. The molecule has 0 saturated heterocycles. The van der Waals surface area contributed by atoms with Gasteiger partial charge in [0.05, 0.1) is 5.69 Å². The number of nitrogens with zero attached hydrogens (tertiary/aromatic N) is 1. The Kier molecular flexibility index (Phi) is 5.26. The van der Waals surface area contributed by atoms with Gasteiger partial charge in [0.1, 0.15) is 0 Å². The van der Waals surface area contributed by atoms with E-state index in [0.29, 0.717) is 17.8 Å². The van der Waals surface area contributed by atoms with Gasteiger partial charge in [0.25, 0.3) is 0 Å². The van der Waals surface area contributed by atoms with Crippen LogP contribution in [0.5, 0.6) is 0 Å². The molecule has 1 atom stereocenters. The van der Waals surface area contributed by atoms with Crippen molar-refractivity contribution in [3.63, 3.8) is 0 Å². The van der Waals surface area contributed by atoms with E-state index in [-0.39, 0.29) is 24.7 Å². The predicted molar refractivity (Wildman–Crippen MR) is 93.7 cm³/mol. The van der Waals surface area contributed by atoms with E-state index in [0.717, 1.165) is 23.4 Å². The van der Waals surface area contributed by atoms with Gasteiger partial charge in [-0.05, 0) is 25.0 Å². The highest BCUT2D eigenvalue weighted by molar-refractivity contribution is 8.00. The lowest BCUT2D eigenvalue weighted by Gasteiger charge is -2.32. The minimum absolute atomic E-state index is 0.0120. The average Bonchev–Trinajstić information content (AvgIpc) is 3.04. The van der Waals surface area contributed by atoms with Gasteiger partial charge in [-0.1, -0.05) is 31.9 Å². The molecular formula is C18H24N2O2S. The number of carbonyl (C=O) groups is 2. The Morgan fingerprint density at radius 2 is 1.96 bits per heavy atom. The number of para-hydroxylation sites is 1. The van der Waals surface area contributed by atoms with Crippen molar-refractivity contribution in [2.45, 2.75) is 61.6 Å². The molecule has 3 rings (SSSR count). The summed E-state index contributed by atoms with van der Waals surface area (Å²) in [5.41, 5.74) is 0.983. The highest BCUT2D eigenvalue weighted by Crippen LogP contribution is 2.38. The summed E-state index contributed by atoms with van der Waals surface area (Å²) in [5.74, 6) is 0.0594. The van der Waals surface area contributed by atoms with Gasteiger partial charge in [-0.25, -0.2) is 0 Å². The normalized spacial score (nSPS) is 21.1. The van der Waals surface area contributed by atoms with Gasteiger partial charge in [-0.15, -0.1) is 11.8 Å². The van der Waals surface area contributed by atoms with Crippen LogP contribution in [0.1, 0.15) is 45.4 Å². The van der Waals surface area contributed by atoms with Gasteiger partial charge >= 0.3 is 0 Å². The monoisotopic (exact) mass is 332 g/mol. The Morgan fingerprint density at radius 1 is 1.22 bits per heavy atom. The van der Waals surface area contributed by atoms with Crippen molar-refractivity contribution in [3.8, 4) is 0 Å². The van der Waals surface area contributed by atoms with Crippen LogP contribution in [-0.4, -0.2) is 29.7 Å². The summed E-state index contributed by atoms with van der Waals surface area (Å²) < 4.78 is 0. The van der Waals surface area contributed by atoms with E-state index >= 15 is 0 Å². The molecule has 1 aliphatic heterocycles. The SMILES string of the molecule is C[C@H]1CN(C(=O)CCC(=O)NC2CCCC2)c2ccccc2S1. The maximum absolute atomic E-state index is 12.6. The summed E-state index contributed by atoms with van der Waals surface area (Å²) in [5, 5.41) is 3.43. The van der Waals surface area contributed by atoms with Gasteiger partial charge in [0, 0.05) is 35.6 Å². The minimum Gasteiger partial charge on any atom is -0.353 e. The van der Waals surface area contributed by atoms with Gasteiger partial charge in [-0.2, -0.15) is 0 Å².